The number of halogens is 2. The Morgan fingerprint density at radius 1 is 1.30 bits per heavy atom. The maximum absolute atomic E-state index is 13.4. The van der Waals surface area contributed by atoms with Crippen LogP contribution in [0.15, 0.2) is 29.6 Å². The van der Waals surface area contributed by atoms with Crippen LogP contribution in [0.1, 0.15) is 0 Å². The number of methoxy groups -OCH3 is 1. The maximum Gasteiger partial charge on any atom is 0.225 e. The summed E-state index contributed by atoms with van der Waals surface area (Å²) in [6, 6.07) is 6.39. The highest BCUT2D eigenvalue weighted by Crippen LogP contribution is 2.30. The largest absolute Gasteiger partial charge is 0.494 e. The Morgan fingerprint density at radius 3 is 2.95 bits per heavy atom. The molecule has 0 unspecified atom stereocenters. The Labute approximate surface area is 123 Å². The molecule has 2 heterocycles. The molecule has 102 valence electrons. The van der Waals surface area contributed by atoms with E-state index >= 15 is 0 Å². The summed E-state index contributed by atoms with van der Waals surface area (Å²) in [4.78, 5) is 9.09. The second-order valence-electron chi connectivity index (χ2n) is 3.95. The Morgan fingerprint density at radius 2 is 2.15 bits per heavy atom. The number of ether oxygens (including phenoxy) is 1. The third kappa shape index (κ3) is 2.39. The molecule has 0 amide bonds. The molecule has 0 radical (unpaired) electrons. The lowest BCUT2D eigenvalue weighted by molar-refractivity contribution is 0.387. The van der Waals surface area contributed by atoms with Crippen molar-refractivity contribution in [2.45, 2.75) is 0 Å². The van der Waals surface area contributed by atoms with Crippen molar-refractivity contribution >= 4 is 44.7 Å². The van der Waals surface area contributed by atoms with Gasteiger partial charge in [-0.2, -0.15) is 4.98 Å². The molecule has 0 atom stereocenters. The molecule has 0 aliphatic heterocycles. The molecule has 3 aromatic rings. The number of fused-ring (bicyclic) bond motifs is 1. The monoisotopic (exact) mass is 309 g/mol. The fraction of sp³-hybridized carbons (Fsp3) is 0.0769. The van der Waals surface area contributed by atoms with Crippen LogP contribution in [0.4, 0.5) is 15.9 Å². The molecular weight excluding hydrogens is 301 g/mol. The topological polar surface area (TPSA) is 47.0 Å². The Kier molecular flexibility index (Phi) is 3.42. The summed E-state index contributed by atoms with van der Waals surface area (Å²) in [5.74, 6) is 0.325. The van der Waals surface area contributed by atoms with Crippen LogP contribution in [-0.4, -0.2) is 17.1 Å². The Balaban J connectivity index is 2.02. The molecule has 2 aromatic heterocycles. The molecule has 0 spiro atoms. The predicted octanol–water partition coefficient (Wildman–Crippen LogP) is 4.24. The van der Waals surface area contributed by atoms with Crippen LogP contribution < -0.4 is 10.1 Å². The van der Waals surface area contributed by atoms with Crippen LogP contribution in [0.2, 0.25) is 5.28 Å². The van der Waals surface area contributed by atoms with Crippen molar-refractivity contribution in [2.24, 2.45) is 0 Å². The predicted molar refractivity (Wildman–Crippen MR) is 78.7 cm³/mol. The third-order valence-electron chi connectivity index (χ3n) is 2.71. The molecule has 0 saturated heterocycles. The van der Waals surface area contributed by atoms with Crippen LogP contribution in [0.25, 0.3) is 10.2 Å². The van der Waals surface area contributed by atoms with E-state index in [2.05, 4.69) is 15.3 Å². The smallest absolute Gasteiger partial charge is 0.225 e. The lowest BCUT2D eigenvalue weighted by Gasteiger charge is -2.09. The van der Waals surface area contributed by atoms with Gasteiger partial charge in [-0.15, -0.1) is 11.3 Å². The molecule has 3 rings (SSSR count). The van der Waals surface area contributed by atoms with Gasteiger partial charge in [0.05, 0.1) is 12.5 Å². The first-order valence-electron chi connectivity index (χ1n) is 5.68. The SMILES string of the molecule is COc1cc(Nc2nc(Cl)nc3sccc23)ccc1F. The summed E-state index contributed by atoms with van der Waals surface area (Å²) < 4.78 is 18.3. The fourth-order valence-corrected chi connectivity index (χ4v) is 2.78. The lowest BCUT2D eigenvalue weighted by Crippen LogP contribution is -1.97. The van der Waals surface area contributed by atoms with E-state index < -0.39 is 5.82 Å². The van der Waals surface area contributed by atoms with Gasteiger partial charge in [0.15, 0.2) is 11.6 Å². The first kappa shape index (κ1) is 13.1. The van der Waals surface area contributed by atoms with Crippen molar-refractivity contribution in [3.8, 4) is 5.75 Å². The molecule has 4 nitrogen and oxygen atoms in total. The highest BCUT2D eigenvalue weighted by molar-refractivity contribution is 7.16. The van der Waals surface area contributed by atoms with Gasteiger partial charge in [-0.05, 0) is 35.2 Å². The molecular formula is C13H9ClFN3OS. The minimum atomic E-state index is -0.417. The second-order valence-corrected chi connectivity index (χ2v) is 5.19. The summed E-state index contributed by atoms with van der Waals surface area (Å²) >= 11 is 7.37. The summed E-state index contributed by atoms with van der Waals surface area (Å²) in [5, 5.41) is 6.04. The van der Waals surface area contributed by atoms with Crippen molar-refractivity contribution in [1.29, 1.82) is 0 Å². The number of hydrogen-bond acceptors (Lipinski definition) is 5. The van der Waals surface area contributed by atoms with Gasteiger partial charge in [-0.3, -0.25) is 0 Å². The van der Waals surface area contributed by atoms with E-state index in [1.807, 2.05) is 11.4 Å². The van der Waals surface area contributed by atoms with E-state index in [-0.39, 0.29) is 11.0 Å². The minimum Gasteiger partial charge on any atom is -0.494 e. The van der Waals surface area contributed by atoms with Gasteiger partial charge < -0.3 is 10.1 Å². The van der Waals surface area contributed by atoms with Crippen molar-refractivity contribution in [3.63, 3.8) is 0 Å². The average Bonchev–Trinajstić information content (AvgIpc) is 2.89. The normalized spacial score (nSPS) is 10.8. The van der Waals surface area contributed by atoms with Crippen LogP contribution >= 0.6 is 22.9 Å². The zero-order valence-corrected chi connectivity index (χ0v) is 11.9. The molecule has 7 heteroatoms. The van der Waals surface area contributed by atoms with Crippen molar-refractivity contribution < 1.29 is 9.13 Å². The van der Waals surface area contributed by atoms with Crippen LogP contribution in [0.5, 0.6) is 5.75 Å². The van der Waals surface area contributed by atoms with Crippen LogP contribution in [-0.2, 0) is 0 Å². The molecule has 1 aromatic carbocycles. The van der Waals surface area contributed by atoms with Crippen molar-refractivity contribution in [1.82, 2.24) is 9.97 Å². The van der Waals surface area contributed by atoms with Gasteiger partial charge in [0.25, 0.3) is 0 Å². The molecule has 20 heavy (non-hydrogen) atoms. The van der Waals surface area contributed by atoms with E-state index in [0.29, 0.717) is 11.5 Å². The number of hydrogen-bond donors (Lipinski definition) is 1. The fourth-order valence-electron chi connectivity index (χ4n) is 1.80. The number of rotatable bonds is 3. The molecule has 0 aliphatic carbocycles. The summed E-state index contributed by atoms with van der Waals surface area (Å²) in [6.07, 6.45) is 0. The first-order chi connectivity index (χ1) is 9.67. The van der Waals surface area contributed by atoms with Gasteiger partial charge in [-0.25, -0.2) is 9.37 Å². The Hall–Kier alpha value is -1.92. The van der Waals surface area contributed by atoms with Gasteiger partial charge in [-0.1, -0.05) is 0 Å². The summed E-state index contributed by atoms with van der Waals surface area (Å²) in [7, 11) is 1.42. The first-order valence-corrected chi connectivity index (χ1v) is 6.94. The summed E-state index contributed by atoms with van der Waals surface area (Å²) in [6.45, 7) is 0. The zero-order valence-electron chi connectivity index (χ0n) is 10.4. The van der Waals surface area contributed by atoms with Crippen molar-refractivity contribution in [2.75, 3.05) is 12.4 Å². The number of thiophene rings is 1. The van der Waals surface area contributed by atoms with Gasteiger partial charge >= 0.3 is 0 Å². The second kappa shape index (κ2) is 5.22. The standard InChI is InChI=1S/C13H9ClFN3OS/c1-19-10-6-7(2-3-9(10)15)16-11-8-4-5-20-12(8)18-13(14)17-11/h2-6H,1H3,(H,16,17,18). The van der Waals surface area contributed by atoms with E-state index in [0.717, 1.165) is 10.2 Å². The molecule has 1 N–H and O–H groups in total. The lowest BCUT2D eigenvalue weighted by atomic mass is 10.2. The van der Waals surface area contributed by atoms with E-state index in [9.17, 15) is 4.39 Å². The highest BCUT2D eigenvalue weighted by atomic mass is 35.5. The molecule has 0 saturated carbocycles. The molecule has 0 bridgehead atoms. The number of aromatic nitrogens is 2. The van der Waals surface area contributed by atoms with E-state index in [1.165, 1.54) is 24.5 Å². The summed E-state index contributed by atoms with van der Waals surface area (Å²) in [5.41, 5.74) is 0.658. The quantitative estimate of drug-likeness (QED) is 0.735. The van der Waals surface area contributed by atoms with Gasteiger partial charge in [0.1, 0.15) is 10.6 Å². The number of nitrogens with one attached hydrogen (secondary N) is 1. The van der Waals surface area contributed by atoms with Crippen LogP contribution in [0, 0.1) is 5.82 Å². The third-order valence-corrected chi connectivity index (χ3v) is 3.69. The minimum absolute atomic E-state index is 0.163. The van der Waals surface area contributed by atoms with E-state index in [4.69, 9.17) is 16.3 Å². The number of benzene rings is 1. The van der Waals surface area contributed by atoms with Crippen LogP contribution in [0.3, 0.4) is 0 Å². The van der Waals surface area contributed by atoms with Gasteiger partial charge in [0.2, 0.25) is 5.28 Å². The maximum atomic E-state index is 13.4. The van der Waals surface area contributed by atoms with Crippen molar-refractivity contribution in [3.05, 3.63) is 40.7 Å². The molecule has 0 fully saturated rings. The van der Waals surface area contributed by atoms with Gasteiger partial charge in [0, 0.05) is 11.8 Å². The number of nitrogens with zero attached hydrogens (tertiary/aromatic N) is 2. The van der Waals surface area contributed by atoms with E-state index in [1.54, 1.807) is 12.1 Å². The Bertz CT molecular complexity index is 777. The zero-order chi connectivity index (χ0) is 14.1. The molecule has 0 aliphatic rings. The highest BCUT2D eigenvalue weighted by Gasteiger charge is 2.09. The number of anilines is 2. The average molecular weight is 310 g/mol.